The minimum absolute atomic E-state index is 0.126. The van der Waals surface area contributed by atoms with E-state index in [0.29, 0.717) is 5.02 Å². The molecule has 0 saturated carbocycles. The van der Waals surface area contributed by atoms with Gasteiger partial charge >= 0.3 is 0 Å². The molecule has 2 N–H and O–H groups in total. The van der Waals surface area contributed by atoms with Gasteiger partial charge in [0.05, 0.1) is 5.02 Å². The van der Waals surface area contributed by atoms with Crippen molar-refractivity contribution < 1.29 is 0 Å². The maximum atomic E-state index is 5.82. The van der Waals surface area contributed by atoms with Gasteiger partial charge in [-0.2, -0.15) is 0 Å². The number of nitrogens with two attached hydrogens (primary N) is 1. The SMILES string of the molecule is C=CC(N)c1ccc(Cl)c(Br)c1. The Kier molecular flexibility index (Phi) is 3.32. The van der Waals surface area contributed by atoms with Gasteiger partial charge in [-0.1, -0.05) is 23.7 Å². The molecule has 0 aliphatic heterocycles. The second kappa shape index (κ2) is 4.08. The molecule has 0 saturated heterocycles. The molecule has 0 aromatic heterocycles. The van der Waals surface area contributed by atoms with Crippen LogP contribution in [-0.2, 0) is 0 Å². The Morgan fingerprint density at radius 1 is 1.58 bits per heavy atom. The van der Waals surface area contributed by atoms with Crippen molar-refractivity contribution >= 4 is 27.5 Å². The summed E-state index contributed by atoms with van der Waals surface area (Å²) in [7, 11) is 0. The van der Waals surface area contributed by atoms with Crippen molar-refractivity contribution in [3.05, 3.63) is 45.9 Å². The van der Waals surface area contributed by atoms with Crippen LogP contribution in [0, 0.1) is 0 Å². The molecule has 1 nitrogen and oxygen atoms in total. The molecule has 0 aliphatic rings. The molecule has 1 unspecified atom stereocenters. The van der Waals surface area contributed by atoms with Crippen molar-refractivity contribution in [2.75, 3.05) is 0 Å². The van der Waals surface area contributed by atoms with E-state index < -0.39 is 0 Å². The molecule has 0 aliphatic carbocycles. The molecule has 64 valence electrons. The summed E-state index contributed by atoms with van der Waals surface area (Å²) in [5.74, 6) is 0. The quantitative estimate of drug-likeness (QED) is 0.796. The van der Waals surface area contributed by atoms with Crippen molar-refractivity contribution in [3.63, 3.8) is 0 Å². The first-order valence-electron chi connectivity index (χ1n) is 3.48. The van der Waals surface area contributed by atoms with E-state index in [1.807, 2.05) is 18.2 Å². The molecule has 1 aromatic carbocycles. The number of benzene rings is 1. The lowest BCUT2D eigenvalue weighted by Crippen LogP contribution is -2.05. The van der Waals surface area contributed by atoms with Gasteiger partial charge in [0.2, 0.25) is 0 Å². The van der Waals surface area contributed by atoms with E-state index in [1.165, 1.54) is 0 Å². The molecule has 0 spiro atoms. The zero-order chi connectivity index (χ0) is 9.14. The van der Waals surface area contributed by atoms with Gasteiger partial charge < -0.3 is 5.73 Å². The highest BCUT2D eigenvalue weighted by Gasteiger charge is 2.03. The van der Waals surface area contributed by atoms with Gasteiger partial charge in [-0.05, 0) is 33.6 Å². The fraction of sp³-hybridized carbons (Fsp3) is 0.111. The fourth-order valence-electron chi connectivity index (χ4n) is 0.856. The summed E-state index contributed by atoms with van der Waals surface area (Å²) in [5.41, 5.74) is 6.73. The first-order chi connectivity index (χ1) is 5.65. The lowest BCUT2D eigenvalue weighted by molar-refractivity contribution is 0.913. The van der Waals surface area contributed by atoms with Crippen LogP contribution in [0.5, 0.6) is 0 Å². The average molecular weight is 247 g/mol. The van der Waals surface area contributed by atoms with Crippen LogP contribution >= 0.6 is 27.5 Å². The molecule has 12 heavy (non-hydrogen) atoms. The fourth-order valence-corrected chi connectivity index (χ4v) is 1.37. The monoisotopic (exact) mass is 245 g/mol. The zero-order valence-corrected chi connectivity index (χ0v) is 8.77. The summed E-state index contributed by atoms with van der Waals surface area (Å²) >= 11 is 9.14. The first kappa shape index (κ1) is 9.78. The van der Waals surface area contributed by atoms with Gasteiger partial charge in [0.1, 0.15) is 0 Å². The predicted molar refractivity (Wildman–Crippen MR) is 56.3 cm³/mol. The van der Waals surface area contributed by atoms with E-state index in [1.54, 1.807) is 6.08 Å². The smallest absolute Gasteiger partial charge is 0.0548 e. The van der Waals surface area contributed by atoms with Gasteiger partial charge in [0.25, 0.3) is 0 Å². The van der Waals surface area contributed by atoms with Crippen LogP contribution in [-0.4, -0.2) is 0 Å². The summed E-state index contributed by atoms with van der Waals surface area (Å²) in [6.07, 6.45) is 1.69. The van der Waals surface area contributed by atoms with Crippen LogP contribution < -0.4 is 5.73 Å². The summed E-state index contributed by atoms with van der Waals surface area (Å²) in [5, 5.41) is 0.690. The normalized spacial score (nSPS) is 12.6. The molecular weight excluding hydrogens is 237 g/mol. The zero-order valence-electron chi connectivity index (χ0n) is 6.43. The van der Waals surface area contributed by atoms with Gasteiger partial charge in [0.15, 0.2) is 0 Å². The van der Waals surface area contributed by atoms with Crippen molar-refractivity contribution in [2.24, 2.45) is 5.73 Å². The molecule has 0 fully saturated rings. The van der Waals surface area contributed by atoms with Gasteiger partial charge in [-0.3, -0.25) is 0 Å². The summed E-state index contributed by atoms with van der Waals surface area (Å²) in [6.45, 7) is 3.62. The maximum Gasteiger partial charge on any atom is 0.0548 e. The Morgan fingerprint density at radius 2 is 2.25 bits per heavy atom. The highest BCUT2D eigenvalue weighted by Crippen LogP contribution is 2.25. The lowest BCUT2D eigenvalue weighted by Gasteiger charge is -2.07. The van der Waals surface area contributed by atoms with Crippen molar-refractivity contribution in [3.8, 4) is 0 Å². The van der Waals surface area contributed by atoms with E-state index in [4.69, 9.17) is 17.3 Å². The largest absolute Gasteiger partial charge is 0.321 e. The van der Waals surface area contributed by atoms with Gasteiger partial charge in [-0.15, -0.1) is 6.58 Å². The Morgan fingerprint density at radius 3 is 2.75 bits per heavy atom. The Balaban J connectivity index is 3.04. The summed E-state index contributed by atoms with van der Waals surface area (Å²) in [4.78, 5) is 0. The van der Waals surface area contributed by atoms with Crippen molar-refractivity contribution in [1.29, 1.82) is 0 Å². The van der Waals surface area contributed by atoms with Crippen LogP contribution in [0.25, 0.3) is 0 Å². The van der Waals surface area contributed by atoms with Crippen molar-refractivity contribution in [1.82, 2.24) is 0 Å². The third kappa shape index (κ3) is 2.09. The molecule has 0 radical (unpaired) electrons. The second-order valence-corrected chi connectivity index (χ2v) is 3.70. The molecule has 0 bridgehead atoms. The predicted octanol–water partition coefficient (Wildman–Crippen LogP) is 3.29. The number of hydrogen-bond acceptors (Lipinski definition) is 1. The van der Waals surface area contributed by atoms with E-state index in [2.05, 4.69) is 22.5 Å². The van der Waals surface area contributed by atoms with Crippen LogP contribution in [0.15, 0.2) is 35.3 Å². The highest BCUT2D eigenvalue weighted by molar-refractivity contribution is 9.10. The third-order valence-corrected chi connectivity index (χ3v) is 2.80. The topological polar surface area (TPSA) is 26.0 Å². The molecule has 1 rings (SSSR count). The number of hydrogen-bond donors (Lipinski definition) is 1. The molecule has 1 atom stereocenters. The minimum atomic E-state index is -0.126. The van der Waals surface area contributed by atoms with E-state index >= 15 is 0 Å². The highest BCUT2D eigenvalue weighted by atomic mass is 79.9. The van der Waals surface area contributed by atoms with E-state index in [9.17, 15) is 0 Å². The molecule has 1 aromatic rings. The Bertz CT molecular complexity index is 299. The lowest BCUT2D eigenvalue weighted by atomic mass is 10.1. The van der Waals surface area contributed by atoms with Crippen LogP contribution in [0.2, 0.25) is 5.02 Å². The second-order valence-electron chi connectivity index (χ2n) is 2.44. The van der Waals surface area contributed by atoms with Crippen LogP contribution in [0.1, 0.15) is 11.6 Å². The minimum Gasteiger partial charge on any atom is -0.321 e. The number of halogens is 2. The summed E-state index contributed by atoms with van der Waals surface area (Å²) in [6, 6.07) is 5.47. The molecule has 0 heterocycles. The first-order valence-corrected chi connectivity index (χ1v) is 4.65. The molecule has 3 heteroatoms. The summed E-state index contributed by atoms with van der Waals surface area (Å²) < 4.78 is 0.860. The van der Waals surface area contributed by atoms with Crippen molar-refractivity contribution in [2.45, 2.75) is 6.04 Å². The maximum absolute atomic E-state index is 5.82. The van der Waals surface area contributed by atoms with Gasteiger partial charge in [-0.25, -0.2) is 0 Å². The van der Waals surface area contributed by atoms with E-state index in [-0.39, 0.29) is 6.04 Å². The molecule has 0 amide bonds. The Hall–Kier alpha value is -0.310. The third-order valence-electron chi connectivity index (χ3n) is 1.58. The molecular formula is C9H9BrClN. The van der Waals surface area contributed by atoms with Crippen LogP contribution in [0.4, 0.5) is 0 Å². The Labute approximate surface area is 85.3 Å². The van der Waals surface area contributed by atoms with Gasteiger partial charge in [0, 0.05) is 10.5 Å². The average Bonchev–Trinajstić information content (AvgIpc) is 2.08. The van der Waals surface area contributed by atoms with Crippen LogP contribution in [0.3, 0.4) is 0 Å². The standard InChI is InChI=1S/C9H9BrClN/c1-2-9(12)6-3-4-8(11)7(10)5-6/h2-5,9H,1,12H2. The number of rotatable bonds is 2. The van der Waals surface area contributed by atoms with E-state index in [0.717, 1.165) is 10.0 Å².